The van der Waals surface area contributed by atoms with Crippen molar-refractivity contribution in [1.29, 1.82) is 0 Å². The summed E-state index contributed by atoms with van der Waals surface area (Å²) in [5, 5.41) is 2.26. The van der Waals surface area contributed by atoms with E-state index in [2.05, 4.69) is 72.0 Å². The second-order valence-electron chi connectivity index (χ2n) is 11.0. The topological polar surface area (TPSA) is 34.6 Å². The zero-order valence-corrected chi connectivity index (χ0v) is 27.4. The molecule has 0 unspecified atom stereocenters. The molecule has 0 amide bonds. The van der Waals surface area contributed by atoms with Crippen LogP contribution in [-0.2, 0) is 13.1 Å². The van der Waals surface area contributed by atoms with E-state index in [0.717, 1.165) is 36.9 Å². The smallest absolute Gasteiger partial charge is 0.0603 e. The fourth-order valence-electron chi connectivity index (χ4n) is 4.90. The van der Waals surface area contributed by atoms with Crippen molar-refractivity contribution in [2.75, 3.05) is 13.1 Å². The molecule has 0 fully saturated rings. The van der Waals surface area contributed by atoms with Crippen molar-refractivity contribution in [3.63, 3.8) is 0 Å². The first kappa shape index (κ1) is 38.5. The Morgan fingerprint density at radius 2 is 0.725 bits per heavy atom. The Morgan fingerprint density at radius 1 is 0.425 bits per heavy atom. The van der Waals surface area contributed by atoms with Gasteiger partial charge in [0.1, 0.15) is 0 Å². The van der Waals surface area contributed by atoms with Gasteiger partial charge in [0.2, 0.25) is 0 Å². The second kappa shape index (κ2) is 27.6. The molecule has 0 saturated heterocycles. The molecule has 0 aromatic carbocycles. The summed E-state index contributed by atoms with van der Waals surface area (Å²) in [4.78, 5) is 9.39. The average Bonchev–Trinajstić information content (AvgIpc) is 2.95. The predicted octanol–water partition coefficient (Wildman–Crippen LogP) is 9.70. The van der Waals surface area contributed by atoms with Crippen molar-refractivity contribution in [2.24, 2.45) is 9.98 Å². The van der Waals surface area contributed by atoms with Gasteiger partial charge in [-0.1, -0.05) is 104 Å². The molecule has 0 radical (unpaired) electrons. The third-order valence-electron chi connectivity index (χ3n) is 7.44. The maximum Gasteiger partial charge on any atom is 0.0603 e. The van der Waals surface area contributed by atoms with Gasteiger partial charge in [-0.15, -0.1) is 24.8 Å². The zero-order chi connectivity index (χ0) is 26.9. The van der Waals surface area contributed by atoms with Crippen molar-refractivity contribution in [3.05, 3.63) is 59.8 Å². The molecule has 2 aromatic heterocycles. The Kier molecular flexibility index (Phi) is 26.6. The van der Waals surface area contributed by atoms with Crippen LogP contribution in [0.15, 0.2) is 59.0 Å². The lowest BCUT2D eigenvalue weighted by Gasteiger charge is -2.07. The molecule has 4 nitrogen and oxygen atoms in total. The van der Waals surface area contributed by atoms with Crippen molar-refractivity contribution in [1.82, 2.24) is 9.13 Å². The van der Waals surface area contributed by atoms with Gasteiger partial charge in [-0.25, -0.2) is 0 Å². The summed E-state index contributed by atoms with van der Waals surface area (Å²) in [6.45, 7) is 8.70. The summed E-state index contributed by atoms with van der Waals surface area (Å²) in [5.41, 5.74) is 0. The first-order valence-electron chi connectivity index (χ1n) is 16.1. The van der Waals surface area contributed by atoms with E-state index in [-0.39, 0.29) is 24.8 Å². The van der Waals surface area contributed by atoms with Crippen LogP contribution in [0.5, 0.6) is 0 Å². The van der Waals surface area contributed by atoms with Crippen LogP contribution in [0.3, 0.4) is 0 Å². The number of aromatic nitrogens is 2. The number of rotatable bonds is 23. The standard InChI is InChI=1S/C34H58N4.2ClH/c1-3-5-7-17-25-35-33-21-29-37(30-22-33)27-19-15-13-11-9-10-12-14-16-20-28-38-31-23-34(24-32-38)36-26-18-8-6-4-2;;/h21-24,29-32H,3-20,25-28H2,1-2H3;2*1H. The normalized spacial score (nSPS) is 10.6. The molecule has 0 aliphatic heterocycles. The molecule has 0 aliphatic carbocycles. The number of aryl methyl sites for hydroxylation is 2. The van der Waals surface area contributed by atoms with Crippen molar-refractivity contribution < 1.29 is 0 Å². The fourth-order valence-corrected chi connectivity index (χ4v) is 4.90. The van der Waals surface area contributed by atoms with Crippen LogP contribution >= 0.6 is 24.8 Å². The monoisotopic (exact) mass is 594 g/mol. The molecule has 2 rings (SSSR count). The SMILES string of the molecule is CCCCCCN=c1ccn(CCCCCCCCCCCCn2ccc(=NCCCCCC)cc2)cc1.Cl.Cl. The van der Waals surface area contributed by atoms with Gasteiger partial charge in [0, 0.05) is 51.0 Å². The minimum absolute atomic E-state index is 0. The van der Waals surface area contributed by atoms with Gasteiger partial charge in [0.05, 0.1) is 10.7 Å². The lowest BCUT2D eigenvalue weighted by molar-refractivity contribution is 0.521. The van der Waals surface area contributed by atoms with Gasteiger partial charge in [0.15, 0.2) is 0 Å². The van der Waals surface area contributed by atoms with E-state index in [1.807, 2.05) is 0 Å². The molecular formula is C34H60Cl2N4. The first-order chi connectivity index (χ1) is 18.8. The highest BCUT2D eigenvalue weighted by molar-refractivity contribution is 5.85. The number of halogens is 2. The summed E-state index contributed by atoms with van der Waals surface area (Å²) >= 11 is 0. The second-order valence-corrected chi connectivity index (χ2v) is 11.0. The minimum Gasteiger partial charge on any atom is -0.354 e. The maximum atomic E-state index is 4.69. The van der Waals surface area contributed by atoms with Gasteiger partial charge in [-0.05, 0) is 49.9 Å². The largest absolute Gasteiger partial charge is 0.354 e. The van der Waals surface area contributed by atoms with Crippen LogP contribution in [0.2, 0.25) is 0 Å². The predicted molar refractivity (Wildman–Crippen MR) is 179 cm³/mol. The van der Waals surface area contributed by atoms with E-state index in [1.165, 1.54) is 116 Å². The van der Waals surface area contributed by atoms with Gasteiger partial charge in [0.25, 0.3) is 0 Å². The Hall–Kier alpha value is -1.52. The fraction of sp³-hybridized carbons (Fsp3) is 0.706. The van der Waals surface area contributed by atoms with Crippen LogP contribution in [0.4, 0.5) is 0 Å². The molecule has 0 spiro atoms. The summed E-state index contributed by atoms with van der Waals surface area (Å²) in [5.74, 6) is 0. The lowest BCUT2D eigenvalue weighted by Crippen LogP contribution is -2.06. The molecule has 0 atom stereocenters. The van der Waals surface area contributed by atoms with E-state index in [9.17, 15) is 0 Å². The Morgan fingerprint density at radius 3 is 1.05 bits per heavy atom. The zero-order valence-electron chi connectivity index (χ0n) is 25.8. The molecule has 6 heteroatoms. The summed E-state index contributed by atoms with van der Waals surface area (Å²) in [6.07, 6.45) is 32.7. The summed E-state index contributed by atoms with van der Waals surface area (Å²) in [6, 6.07) is 8.67. The number of hydrogen-bond acceptors (Lipinski definition) is 2. The van der Waals surface area contributed by atoms with Gasteiger partial charge in [-0.3, -0.25) is 9.98 Å². The Bertz CT molecular complexity index is 833. The summed E-state index contributed by atoms with van der Waals surface area (Å²) in [7, 11) is 0. The molecule has 0 bridgehead atoms. The molecule has 0 aliphatic rings. The van der Waals surface area contributed by atoms with Crippen LogP contribution in [0.25, 0.3) is 0 Å². The average molecular weight is 596 g/mol. The third-order valence-corrected chi connectivity index (χ3v) is 7.44. The van der Waals surface area contributed by atoms with E-state index in [1.54, 1.807) is 0 Å². The Labute approximate surface area is 258 Å². The van der Waals surface area contributed by atoms with Crippen LogP contribution in [0.1, 0.15) is 129 Å². The van der Waals surface area contributed by atoms with Crippen molar-refractivity contribution in [3.8, 4) is 0 Å². The highest BCUT2D eigenvalue weighted by Crippen LogP contribution is 2.11. The minimum atomic E-state index is 0. The quantitative estimate of drug-likeness (QED) is 0.115. The molecule has 0 N–H and O–H groups in total. The van der Waals surface area contributed by atoms with E-state index < -0.39 is 0 Å². The maximum absolute atomic E-state index is 4.69. The third kappa shape index (κ3) is 20.4. The van der Waals surface area contributed by atoms with E-state index in [0.29, 0.717) is 0 Å². The van der Waals surface area contributed by atoms with Crippen LogP contribution < -0.4 is 10.7 Å². The molecule has 230 valence electrons. The van der Waals surface area contributed by atoms with Crippen molar-refractivity contribution in [2.45, 2.75) is 143 Å². The number of nitrogens with zero attached hydrogens (tertiary/aromatic N) is 4. The first-order valence-corrected chi connectivity index (χ1v) is 16.1. The number of unbranched alkanes of at least 4 members (excludes halogenated alkanes) is 15. The highest BCUT2D eigenvalue weighted by atomic mass is 35.5. The highest BCUT2D eigenvalue weighted by Gasteiger charge is 1.96. The van der Waals surface area contributed by atoms with Gasteiger partial charge in [-0.2, -0.15) is 0 Å². The van der Waals surface area contributed by atoms with E-state index >= 15 is 0 Å². The number of pyridine rings is 2. The Balaban J connectivity index is 0.00000760. The molecule has 40 heavy (non-hydrogen) atoms. The molecule has 2 aromatic rings. The molecule has 2 heterocycles. The van der Waals surface area contributed by atoms with Crippen molar-refractivity contribution >= 4 is 24.8 Å². The van der Waals surface area contributed by atoms with Crippen LogP contribution in [0, 0.1) is 0 Å². The number of hydrogen-bond donors (Lipinski definition) is 0. The van der Waals surface area contributed by atoms with Crippen LogP contribution in [-0.4, -0.2) is 22.2 Å². The van der Waals surface area contributed by atoms with Gasteiger partial charge < -0.3 is 9.13 Å². The summed E-state index contributed by atoms with van der Waals surface area (Å²) < 4.78 is 4.63. The van der Waals surface area contributed by atoms with E-state index in [4.69, 9.17) is 9.98 Å². The lowest BCUT2D eigenvalue weighted by atomic mass is 10.1. The molecular weight excluding hydrogens is 535 g/mol. The molecule has 0 saturated carbocycles. The van der Waals surface area contributed by atoms with Gasteiger partial charge >= 0.3 is 0 Å².